The molecule has 1 aromatic heterocycles. The van der Waals surface area contributed by atoms with Gasteiger partial charge < -0.3 is 0 Å². The van der Waals surface area contributed by atoms with Gasteiger partial charge in [-0.15, -0.1) is 0 Å². The molecule has 1 heteroatoms. The average Bonchev–Trinajstić information content (AvgIpc) is 2.25. The fraction of sp³-hybridized carbons (Fsp3) is 0.737. The SMILES string of the molecule is CC(C)C(C)(C)c1cccc(C(C)(C)CC(C)(C)C)n1. The highest BCUT2D eigenvalue weighted by Gasteiger charge is 2.31. The lowest BCUT2D eigenvalue weighted by atomic mass is 9.73. The molecule has 0 aliphatic heterocycles. The first-order chi connectivity index (χ1) is 8.86. The summed E-state index contributed by atoms with van der Waals surface area (Å²) in [4.78, 5) is 5.02. The molecule has 0 aliphatic rings. The van der Waals surface area contributed by atoms with E-state index in [-0.39, 0.29) is 10.8 Å². The van der Waals surface area contributed by atoms with Crippen LogP contribution in [0, 0.1) is 11.3 Å². The summed E-state index contributed by atoms with van der Waals surface area (Å²) in [6.45, 7) is 20.7. The molecule has 0 bridgehead atoms. The van der Waals surface area contributed by atoms with Gasteiger partial charge in [0.1, 0.15) is 0 Å². The topological polar surface area (TPSA) is 12.9 Å². The Morgan fingerprint density at radius 2 is 1.40 bits per heavy atom. The predicted octanol–water partition coefficient (Wildman–Crippen LogP) is 5.73. The zero-order chi connectivity index (χ0) is 15.8. The molecule has 0 aromatic carbocycles. The van der Waals surface area contributed by atoms with Crippen LogP contribution in [-0.4, -0.2) is 4.98 Å². The molecular formula is C19H33N. The van der Waals surface area contributed by atoms with E-state index in [0.717, 1.165) is 6.42 Å². The molecule has 0 fully saturated rings. The van der Waals surface area contributed by atoms with Crippen molar-refractivity contribution in [3.63, 3.8) is 0 Å². The van der Waals surface area contributed by atoms with Crippen molar-refractivity contribution in [2.75, 3.05) is 0 Å². The summed E-state index contributed by atoms with van der Waals surface area (Å²) in [6.07, 6.45) is 1.14. The third-order valence-corrected chi connectivity index (χ3v) is 4.52. The van der Waals surface area contributed by atoms with Crippen LogP contribution in [-0.2, 0) is 10.8 Å². The lowest BCUT2D eigenvalue weighted by molar-refractivity contribution is 0.277. The molecule has 1 heterocycles. The number of hydrogen-bond donors (Lipinski definition) is 0. The smallest absolute Gasteiger partial charge is 0.0465 e. The van der Waals surface area contributed by atoms with Gasteiger partial charge >= 0.3 is 0 Å². The van der Waals surface area contributed by atoms with Crippen LogP contribution in [0.5, 0.6) is 0 Å². The van der Waals surface area contributed by atoms with Crippen LogP contribution in [0.25, 0.3) is 0 Å². The van der Waals surface area contributed by atoms with E-state index >= 15 is 0 Å². The van der Waals surface area contributed by atoms with Crippen LogP contribution in [0.2, 0.25) is 0 Å². The largest absolute Gasteiger partial charge is 0.257 e. The molecule has 0 saturated heterocycles. The summed E-state index contributed by atoms with van der Waals surface area (Å²) >= 11 is 0. The average molecular weight is 275 g/mol. The summed E-state index contributed by atoms with van der Waals surface area (Å²) in [7, 11) is 0. The highest BCUT2D eigenvalue weighted by atomic mass is 14.8. The molecule has 20 heavy (non-hydrogen) atoms. The minimum Gasteiger partial charge on any atom is -0.257 e. The van der Waals surface area contributed by atoms with Gasteiger partial charge in [-0.3, -0.25) is 4.98 Å². The molecule has 1 rings (SSSR count). The Labute approximate surface area is 126 Å². The Hall–Kier alpha value is -0.850. The van der Waals surface area contributed by atoms with Gasteiger partial charge in [-0.25, -0.2) is 0 Å². The monoisotopic (exact) mass is 275 g/mol. The van der Waals surface area contributed by atoms with E-state index in [9.17, 15) is 0 Å². The Morgan fingerprint density at radius 1 is 0.900 bits per heavy atom. The summed E-state index contributed by atoms with van der Waals surface area (Å²) in [5.41, 5.74) is 2.98. The van der Waals surface area contributed by atoms with Gasteiger partial charge in [0.15, 0.2) is 0 Å². The zero-order valence-electron chi connectivity index (χ0n) is 15.0. The van der Waals surface area contributed by atoms with Crippen LogP contribution in [0.4, 0.5) is 0 Å². The third kappa shape index (κ3) is 4.07. The predicted molar refractivity (Wildman–Crippen MR) is 89.2 cm³/mol. The summed E-state index contributed by atoms with van der Waals surface area (Å²) in [5.74, 6) is 0.580. The second-order valence-corrected chi connectivity index (χ2v) is 8.91. The Bertz CT molecular complexity index is 447. The van der Waals surface area contributed by atoms with Crippen molar-refractivity contribution in [1.29, 1.82) is 0 Å². The van der Waals surface area contributed by atoms with Crippen LogP contribution in [0.15, 0.2) is 18.2 Å². The first-order valence-corrected chi connectivity index (χ1v) is 7.84. The molecule has 114 valence electrons. The number of aromatic nitrogens is 1. The van der Waals surface area contributed by atoms with Gasteiger partial charge in [0.25, 0.3) is 0 Å². The van der Waals surface area contributed by atoms with E-state index in [1.807, 2.05) is 0 Å². The lowest BCUT2D eigenvalue weighted by Crippen LogP contribution is -2.30. The molecule has 0 radical (unpaired) electrons. The van der Waals surface area contributed by atoms with Crippen LogP contribution in [0.1, 0.15) is 80.1 Å². The normalized spacial score (nSPS) is 13.9. The van der Waals surface area contributed by atoms with Gasteiger partial charge in [-0.2, -0.15) is 0 Å². The van der Waals surface area contributed by atoms with Gasteiger partial charge in [0.2, 0.25) is 0 Å². The summed E-state index contributed by atoms with van der Waals surface area (Å²) in [5, 5.41) is 0. The fourth-order valence-electron chi connectivity index (χ4n) is 2.88. The zero-order valence-corrected chi connectivity index (χ0v) is 15.0. The molecule has 0 aliphatic carbocycles. The maximum Gasteiger partial charge on any atom is 0.0465 e. The molecular weight excluding hydrogens is 242 g/mol. The molecule has 0 N–H and O–H groups in total. The Balaban J connectivity index is 3.17. The van der Waals surface area contributed by atoms with Crippen molar-refractivity contribution in [2.45, 2.75) is 79.6 Å². The van der Waals surface area contributed by atoms with E-state index in [0.29, 0.717) is 11.3 Å². The van der Waals surface area contributed by atoms with Gasteiger partial charge in [-0.1, -0.05) is 68.4 Å². The second kappa shape index (κ2) is 5.50. The first-order valence-electron chi connectivity index (χ1n) is 7.84. The Kier molecular flexibility index (Phi) is 4.73. The second-order valence-electron chi connectivity index (χ2n) is 8.91. The Morgan fingerprint density at radius 3 is 1.85 bits per heavy atom. The first kappa shape index (κ1) is 17.2. The molecule has 1 aromatic rings. The molecule has 0 amide bonds. The summed E-state index contributed by atoms with van der Waals surface area (Å²) in [6, 6.07) is 6.54. The van der Waals surface area contributed by atoms with Gasteiger partial charge in [0, 0.05) is 22.2 Å². The van der Waals surface area contributed by atoms with Crippen LogP contribution >= 0.6 is 0 Å². The molecule has 0 unspecified atom stereocenters. The number of rotatable bonds is 4. The van der Waals surface area contributed by atoms with Crippen LogP contribution in [0.3, 0.4) is 0 Å². The standard InChI is InChI=1S/C19H33N/c1-14(2)19(8,9)16-12-10-11-15(20-16)18(6,7)13-17(3,4)5/h10-12,14H,13H2,1-9H3. The van der Waals surface area contributed by atoms with Crippen molar-refractivity contribution in [1.82, 2.24) is 4.98 Å². The summed E-state index contributed by atoms with van der Waals surface area (Å²) < 4.78 is 0. The highest BCUT2D eigenvalue weighted by Crippen LogP contribution is 2.37. The van der Waals surface area contributed by atoms with Crippen LogP contribution < -0.4 is 0 Å². The van der Waals surface area contributed by atoms with Crippen molar-refractivity contribution in [2.24, 2.45) is 11.3 Å². The lowest BCUT2D eigenvalue weighted by Gasteiger charge is -2.34. The quantitative estimate of drug-likeness (QED) is 0.684. The maximum atomic E-state index is 5.02. The van der Waals surface area contributed by atoms with E-state index in [2.05, 4.69) is 80.5 Å². The highest BCUT2D eigenvalue weighted by molar-refractivity contribution is 5.23. The van der Waals surface area contributed by atoms with Crippen molar-refractivity contribution in [3.05, 3.63) is 29.6 Å². The fourth-order valence-corrected chi connectivity index (χ4v) is 2.88. The third-order valence-electron chi connectivity index (χ3n) is 4.52. The molecule has 1 nitrogen and oxygen atoms in total. The van der Waals surface area contributed by atoms with Gasteiger partial charge in [0.05, 0.1) is 0 Å². The van der Waals surface area contributed by atoms with E-state index in [4.69, 9.17) is 4.98 Å². The minimum absolute atomic E-state index is 0.112. The van der Waals surface area contributed by atoms with Crippen molar-refractivity contribution < 1.29 is 0 Å². The number of pyridine rings is 1. The molecule has 0 spiro atoms. The molecule has 0 saturated carbocycles. The number of nitrogens with zero attached hydrogens (tertiary/aromatic N) is 1. The van der Waals surface area contributed by atoms with E-state index in [1.54, 1.807) is 0 Å². The van der Waals surface area contributed by atoms with Crippen molar-refractivity contribution in [3.8, 4) is 0 Å². The van der Waals surface area contributed by atoms with E-state index in [1.165, 1.54) is 11.4 Å². The minimum atomic E-state index is 0.112. The van der Waals surface area contributed by atoms with Crippen molar-refractivity contribution >= 4 is 0 Å². The van der Waals surface area contributed by atoms with E-state index < -0.39 is 0 Å². The number of hydrogen-bond acceptors (Lipinski definition) is 1. The van der Waals surface area contributed by atoms with Gasteiger partial charge in [-0.05, 0) is 29.9 Å². The maximum absolute atomic E-state index is 5.02. The molecule has 0 atom stereocenters.